The quantitative estimate of drug-likeness (QED) is 0.750. The summed E-state index contributed by atoms with van der Waals surface area (Å²) >= 11 is 0. The van der Waals surface area contributed by atoms with Crippen LogP contribution in [0.2, 0.25) is 0 Å². The summed E-state index contributed by atoms with van der Waals surface area (Å²) in [6, 6.07) is 9.57. The Morgan fingerprint density at radius 2 is 2.00 bits per heavy atom. The first-order valence-corrected chi connectivity index (χ1v) is 8.22. The molecule has 1 heterocycles. The predicted molar refractivity (Wildman–Crippen MR) is 77.3 cm³/mol. The van der Waals surface area contributed by atoms with E-state index in [9.17, 15) is 9.00 Å². The third-order valence-electron chi connectivity index (χ3n) is 3.58. The van der Waals surface area contributed by atoms with Crippen molar-refractivity contribution in [2.75, 3.05) is 18.8 Å². The maximum Gasteiger partial charge on any atom is 0.225 e. The van der Waals surface area contributed by atoms with E-state index in [0.29, 0.717) is 5.75 Å². The maximum atomic E-state index is 12.0. The highest BCUT2D eigenvalue weighted by Crippen LogP contribution is 2.17. The van der Waals surface area contributed by atoms with Gasteiger partial charge in [-0.15, -0.1) is 0 Å². The summed E-state index contributed by atoms with van der Waals surface area (Å²) in [5.41, 5.74) is 0. The van der Waals surface area contributed by atoms with Crippen molar-refractivity contribution < 1.29 is 9.00 Å². The molecule has 1 amide bonds. The normalized spacial score (nSPS) is 20.8. The molecular formula is C15H21NO2S. The van der Waals surface area contributed by atoms with Crippen LogP contribution in [0.4, 0.5) is 0 Å². The van der Waals surface area contributed by atoms with Crippen molar-refractivity contribution in [1.82, 2.24) is 4.90 Å². The molecule has 0 aromatic heterocycles. The fourth-order valence-electron chi connectivity index (χ4n) is 2.34. The molecule has 0 saturated carbocycles. The van der Waals surface area contributed by atoms with Crippen LogP contribution >= 0.6 is 0 Å². The second-order valence-electron chi connectivity index (χ2n) is 5.08. The first-order chi connectivity index (χ1) is 9.18. The number of nitrogens with zero attached hydrogens (tertiary/aromatic N) is 1. The van der Waals surface area contributed by atoms with E-state index in [1.54, 1.807) is 0 Å². The molecule has 1 aliphatic heterocycles. The number of rotatable bonds is 6. The lowest BCUT2D eigenvalue weighted by atomic mass is 10.1. The average molecular weight is 279 g/mol. The third-order valence-corrected chi connectivity index (χ3v) is 5.04. The van der Waals surface area contributed by atoms with E-state index in [0.717, 1.165) is 37.2 Å². The monoisotopic (exact) mass is 279 g/mol. The molecule has 2 rings (SSSR count). The SMILES string of the molecule is CC1CCN(CCCCS(=O)c2ccccc2)C1=O. The van der Waals surface area contributed by atoms with Crippen molar-refractivity contribution in [1.29, 1.82) is 0 Å². The van der Waals surface area contributed by atoms with Crippen LogP contribution in [0.3, 0.4) is 0 Å². The predicted octanol–water partition coefficient (Wildman–Crippen LogP) is 2.44. The average Bonchev–Trinajstić information content (AvgIpc) is 2.76. The van der Waals surface area contributed by atoms with Crippen LogP contribution in [-0.2, 0) is 15.6 Å². The molecule has 0 N–H and O–H groups in total. The Bertz CT molecular complexity index is 447. The molecule has 0 aliphatic carbocycles. The first kappa shape index (κ1) is 14.3. The minimum atomic E-state index is -0.906. The van der Waals surface area contributed by atoms with Crippen LogP contribution in [0.15, 0.2) is 35.2 Å². The molecule has 19 heavy (non-hydrogen) atoms. The number of unbranched alkanes of at least 4 members (excludes halogenated alkanes) is 1. The van der Waals surface area contributed by atoms with Crippen molar-refractivity contribution in [2.24, 2.45) is 5.92 Å². The van der Waals surface area contributed by atoms with Crippen LogP contribution in [0, 0.1) is 5.92 Å². The van der Waals surface area contributed by atoms with Gasteiger partial charge in [-0.2, -0.15) is 0 Å². The lowest BCUT2D eigenvalue weighted by Crippen LogP contribution is -2.27. The van der Waals surface area contributed by atoms with Crippen LogP contribution in [0.1, 0.15) is 26.2 Å². The highest BCUT2D eigenvalue weighted by atomic mass is 32.2. The summed E-state index contributed by atoms with van der Waals surface area (Å²) in [5, 5.41) is 0. The van der Waals surface area contributed by atoms with Crippen LogP contribution in [0.5, 0.6) is 0 Å². The molecule has 4 heteroatoms. The van der Waals surface area contributed by atoms with E-state index >= 15 is 0 Å². The molecule has 1 aromatic carbocycles. The number of amides is 1. The van der Waals surface area contributed by atoms with E-state index in [2.05, 4.69) is 0 Å². The minimum Gasteiger partial charge on any atom is -0.342 e. The lowest BCUT2D eigenvalue weighted by Gasteiger charge is -2.15. The van der Waals surface area contributed by atoms with Crippen molar-refractivity contribution in [3.63, 3.8) is 0 Å². The van der Waals surface area contributed by atoms with Crippen molar-refractivity contribution in [2.45, 2.75) is 31.1 Å². The Morgan fingerprint density at radius 1 is 1.26 bits per heavy atom. The molecule has 104 valence electrons. The van der Waals surface area contributed by atoms with E-state index in [4.69, 9.17) is 0 Å². The second-order valence-corrected chi connectivity index (χ2v) is 6.66. The smallest absolute Gasteiger partial charge is 0.225 e. The van der Waals surface area contributed by atoms with Gasteiger partial charge in [0.05, 0.1) is 10.8 Å². The number of likely N-dealkylation sites (tertiary alicyclic amines) is 1. The largest absolute Gasteiger partial charge is 0.342 e. The molecular weight excluding hydrogens is 258 g/mol. The number of benzene rings is 1. The summed E-state index contributed by atoms with van der Waals surface area (Å²) in [5.74, 6) is 1.16. The zero-order valence-electron chi connectivity index (χ0n) is 11.4. The van der Waals surface area contributed by atoms with Crippen LogP contribution in [0.25, 0.3) is 0 Å². The van der Waals surface area contributed by atoms with Gasteiger partial charge < -0.3 is 4.90 Å². The van der Waals surface area contributed by atoms with Gasteiger partial charge in [-0.3, -0.25) is 9.00 Å². The van der Waals surface area contributed by atoms with E-state index < -0.39 is 10.8 Å². The van der Waals surface area contributed by atoms with Crippen LogP contribution < -0.4 is 0 Å². The molecule has 1 saturated heterocycles. The third kappa shape index (κ3) is 3.90. The van der Waals surface area contributed by atoms with Crippen LogP contribution in [-0.4, -0.2) is 33.9 Å². The minimum absolute atomic E-state index is 0.193. The summed E-state index contributed by atoms with van der Waals surface area (Å²) in [7, 11) is -0.906. The number of hydrogen-bond donors (Lipinski definition) is 0. The van der Waals surface area contributed by atoms with Gasteiger partial charge in [0.15, 0.2) is 0 Å². The second kappa shape index (κ2) is 6.85. The van der Waals surface area contributed by atoms with E-state index in [1.807, 2.05) is 42.2 Å². The standard InChI is InChI=1S/C15H21NO2S/c1-13-9-11-16(15(13)17)10-5-6-12-19(18)14-7-3-2-4-8-14/h2-4,7-8,13H,5-6,9-12H2,1H3. The molecule has 0 bridgehead atoms. The fourth-order valence-corrected chi connectivity index (χ4v) is 3.51. The summed E-state index contributed by atoms with van der Waals surface area (Å²) < 4.78 is 12.0. The summed E-state index contributed by atoms with van der Waals surface area (Å²) in [6.45, 7) is 3.70. The highest BCUT2D eigenvalue weighted by molar-refractivity contribution is 7.85. The number of carbonyl (C=O) groups excluding carboxylic acids is 1. The van der Waals surface area contributed by atoms with Crippen molar-refractivity contribution >= 4 is 16.7 Å². The van der Waals surface area contributed by atoms with Gasteiger partial charge in [-0.05, 0) is 31.4 Å². The first-order valence-electron chi connectivity index (χ1n) is 6.90. The number of hydrogen-bond acceptors (Lipinski definition) is 2. The molecule has 2 unspecified atom stereocenters. The molecule has 0 spiro atoms. The Morgan fingerprint density at radius 3 is 2.63 bits per heavy atom. The fraction of sp³-hybridized carbons (Fsp3) is 0.533. The Labute approximate surface area is 117 Å². The van der Waals surface area contributed by atoms with Gasteiger partial charge in [-0.1, -0.05) is 25.1 Å². The van der Waals surface area contributed by atoms with E-state index in [-0.39, 0.29) is 11.8 Å². The van der Waals surface area contributed by atoms with Gasteiger partial charge in [0.2, 0.25) is 5.91 Å². The molecule has 1 fully saturated rings. The molecule has 1 aliphatic rings. The zero-order chi connectivity index (χ0) is 13.7. The molecule has 3 nitrogen and oxygen atoms in total. The van der Waals surface area contributed by atoms with Gasteiger partial charge in [0, 0.05) is 29.7 Å². The topological polar surface area (TPSA) is 37.4 Å². The highest BCUT2D eigenvalue weighted by Gasteiger charge is 2.26. The zero-order valence-corrected chi connectivity index (χ0v) is 12.2. The maximum absolute atomic E-state index is 12.0. The molecule has 0 radical (unpaired) electrons. The van der Waals surface area contributed by atoms with E-state index in [1.165, 1.54) is 0 Å². The Kier molecular flexibility index (Phi) is 5.14. The lowest BCUT2D eigenvalue weighted by molar-refractivity contribution is -0.130. The van der Waals surface area contributed by atoms with Gasteiger partial charge in [0.1, 0.15) is 0 Å². The van der Waals surface area contributed by atoms with Crippen molar-refractivity contribution in [3.8, 4) is 0 Å². The van der Waals surface area contributed by atoms with Gasteiger partial charge >= 0.3 is 0 Å². The molecule has 1 aromatic rings. The Balaban J connectivity index is 1.67. The van der Waals surface area contributed by atoms with Gasteiger partial charge in [0.25, 0.3) is 0 Å². The van der Waals surface area contributed by atoms with Gasteiger partial charge in [-0.25, -0.2) is 0 Å². The number of carbonyl (C=O) groups is 1. The molecule has 2 atom stereocenters. The summed E-state index contributed by atoms with van der Waals surface area (Å²) in [4.78, 5) is 14.6. The Hall–Kier alpha value is -1.16. The summed E-state index contributed by atoms with van der Waals surface area (Å²) in [6.07, 6.45) is 2.82. The van der Waals surface area contributed by atoms with Crippen molar-refractivity contribution in [3.05, 3.63) is 30.3 Å².